The molecule has 1 aromatic rings. The fourth-order valence-electron chi connectivity index (χ4n) is 1.44. The molecule has 17 heavy (non-hydrogen) atoms. The van der Waals surface area contributed by atoms with Gasteiger partial charge in [0, 0.05) is 6.07 Å². The van der Waals surface area contributed by atoms with Gasteiger partial charge in [-0.3, -0.25) is 10.1 Å². The van der Waals surface area contributed by atoms with Crippen molar-refractivity contribution < 1.29 is 10.0 Å². The first-order valence-electron chi connectivity index (χ1n) is 5.31. The second-order valence-electron chi connectivity index (χ2n) is 4.24. The van der Waals surface area contributed by atoms with E-state index in [9.17, 15) is 15.2 Å². The predicted molar refractivity (Wildman–Crippen MR) is 62.4 cm³/mol. The van der Waals surface area contributed by atoms with Crippen LogP contribution < -0.4 is 0 Å². The van der Waals surface area contributed by atoms with E-state index >= 15 is 0 Å². The van der Waals surface area contributed by atoms with Crippen molar-refractivity contribution >= 4 is 5.69 Å². The summed E-state index contributed by atoms with van der Waals surface area (Å²) in [5, 5.41) is 29.2. The van der Waals surface area contributed by atoms with Crippen LogP contribution >= 0.6 is 0 Å². The summed E-state index contributed by atoms with van der Waals surface area (Å²) in [5.74, 6) is 0.107. The van der Waals surface area contributed by atoms with E-state index in [1.54, 1.807) is 12.1 Å². The molecule has 0 radical (unpaired) electrons. The number of benzene rings is 1. The summed E-state index contributed by atoms with van der Waals surface area (Å²) in [7, 11) is 0. The Bertz CT molecular complexity index is 463. The molecule has 0 heterocycles. The molecule has 0 amide bonds. The molecule has 0 bridgehead atoms. The Morgan fingerprint density at radius 2 is 2.18 bits per heavy atom. The fraction of sp³-hybridized carbons (Fsp3) is 0.417. The van der Waals surface area contributed by atoms with E-state index in [4.69, 9.17) is 5.26 Å². The minimum Gasteiger partial charge on any atom is -0.393 e. The van der Waals surface area contributed by atoms with Crippen molar-refractivity contribution in [1.82, 2.24) is 0 Å². The van der Waals surface area contributed by atoms with Crippen molar-refractivity contribution in [3.63, 3.8) is 0 Å². The molecule has 0 aliphatic heterocycles. The Morgan fingerprint density at radius 1 is 1.53 bits per heavy atom. The van der Waals surface area contributed by atoms with Gasteiger partial charge in [0.05, 0.1) is 11.0 Å². The number of nitro benzene ring substituents is 1. The number of hydrogen-bond acceptors (Lipinski definition) is 4. The highest BCUT2D eigenvalue weighted by atomic mass is 16.6. The number of nitrogens with zero attached hydrogens (tertiary/aromatic N) is 2. The third-order valence-electron chi connectivity index (χ3n) is 2.59. The molecule has 0 saturated heterocycles. The maximum atomic E-state index is 10.6. The van der Waals surface area contributed by atoms with Crippen LogP contribution in [0.25, 0.3) is 0 Å². The van der Waals surface area contributed by atoms with E-state index in [0.29, 0.717) is 6.42 Å². The van der Waals surface area contributed by atoms with Crippen LogP contribution in [-0.2, 0) is 6.42 Å². The molecule has 0 spiro atoms. The molecule has 5 heteroatoms. The highest BCUT2D eigenvalue weighted by Crippen LogP contribution is 2.20. The molecule has 1 N–H and O–H groups in total. The zero-order chi connectivity index (χ0) is 13.0. The summed E-state index contributed by atoms with van der Waals surface area (Å²) in [5.41, 5.74) is 0.562. The van der Waals surface area contributed by atoms with Crippen LogP contribution in [0.5, 0.6) is 0 Å². The zero-order valence-corrected chi connectivity index (χ0v) is 9.75. The second-order valence-corrected chi connectivity index (χ2v) is 4.24. The van der Waals surface area contributed by atoms with Gasteiger partial charge in [-0.25, -0.2) is 0 Å². The van der Waals surface area contributed by atoms with E-state index < -0.39 is 11.0 Å². The highest BCUT2D eigenvalue weighted by Gasteiger charge is 2.16. The third-order valence-corrected chi connectivity index (χ3v) is 2.59. The normalized spacial score (nSPS) is 12.2. The maximum Gasteiger partial charge on any atom is 0.287 e. The van der Waals surface area contributed by atoms with Crippen LogP contribution in [0.15, 0.2) is 18.2 Å². The summed E-state index contributed by atoms with van der Waals surface area (Å²) in [6.07, 6.45) is -0.118. The topological polar surface area (TPSA) is 87.2 Å². The van der Waals surface area contributed by atoms with Crippen molar-refractivity contribution in [2.24, 2.45) is 5.92 Å². The van der Waals surface area contributed by atoms with Crippen LogP contribution in [-0.4, -0.2) is 16.1 Å². The maximum absolute atomic E-state index is 10.6. The van der Waals surface area contributed by atoms with Gasteiger partial charge in [-0.05, 0) is 24.0 Å². The Labute approximate surface area is 99.5 Å². The van der Waals surface area contributed by atoms with Gasteiger partial charge in [-0.1, -0.05) is 19.9 Å². The van der Waals surface area contributed by atoms with Crippen LogP contribution in [0.1, 0.15) is 25.0 Å². The SMILES string of the molecule is CC(C)C(O)Cc1ccc([N+](=O)[O-])c(C#N)c1. The van der Waals surface area contributed by atoms with Crippen LogP contribution in [0.2, 0.25) is 0 Å². The molecule has 0 aromatic heterocycles. The predicted octanol–water partition coefficient (Wildman–Crippen LogP) is 2.03. The molecule has 0 fully saturated rings. The van der Waals surface area contributed by atoms with Gasteiger partial charge in [0.1, 0.15) is 11.6 Å². The molecule has 1 atom stereocenters. The molecule has 0 saturated carbocycles. The number of hydrogen-bond donors (Lipinski definition) is 1. The third kappa shape index (κ3) is 3.26. The number of nitriles is 1. The first-order valence-corrected chi connectivity index (χ1v) is 5.31. The van der Waals surface area contributed by atoms with Crippen molar-refractivity contribution in [3.8, 4) is 6.07 Å². The van der Waals surface area contributed by atoms with Crippen molar-refractivity contribution in [2.45, 2.75) is 26.4 Å². The first kappa shape index (κ1) is 13.1. The van der Waals surface area contributed by atoms with Crippen molar-refractivity contribution in [1.29, 1.82) is 5.26 Å². The number of rotatable bonds is 4. The van der Waals surface area contributed by atoms with Gasteiger partial charge in [-0.2, -0.15) is 5.26 Å². The average molecular weight is 234 g/mol. The Hall–Kier alpha value is -1.93. The van der Waals surface area contributed by atoms with Crippen LogP contribution in [0.4, 0.5) is 5.69 Å². The van der Waals surface area contributed by atoms with Gasteiger partial charge in [-0.15, -0.1) is 0 Å². The van der Waals surface area contributed by atoms with E-state index in [-0.39, 0.29) is 17.2 Å². The molecule has 90 valence electrons. The number of aliphatic hydroxyl groups is 1. The molecular weight excluding hydrogens is 220 g/mol. The van der Waals surface area contributed by atoms with Gasteiger partial charge in [0.2, 0.25) is 0 Å². The molecule has 1 unspecified atom stereocenters. The lowest BCUT2D eigenvalue weighted by Gasteiger charge is -2.14. The minimum atomic E-state index is -0.582. The molecule has 1 rings (SSSR count). The standard InChI is InChI=1S/C12H14N2O3/c1-8(2)12(15)6-9-3-4-11(14(16)17)10(5-9)7-13/h3-5,8,12,15H,6H2,1-2H3. The van der Waals surface area contributed by atoms with E-state index in [2.05, 4.69) is 0 Å². The molecule has 1 aromatic carbocycles. The fourth-order valence-corrected chi connectivity index (χ4v) is 1.44. The summed E-state index contributed by atoms with van der Waals surface area (Å²) in [4.78, 5) is 10.0. The van der Waals surface area contributed by atoms with Gasteiger partial charge in [0.15, 0.2) is 0 Å². The summed E-state index contributed by atoms with van der Waals surface area (Å²) < 4.78 is 0. The first-order chi connectivity index (χ1) is 7.95. The molecular formula is C12H14N2O3. The van der Waals surface area contributed by atoms with Crippen LogP contribution in [0, 0.1) is 27.4 Å². The monoisotopic (exact) mass is 234 g/mol. The smallest absolute Gasteiger partial charge is 0.287 e. The summed E-state index contributed by atoms with van der Waals surface area (Å²) in [6, 6.07) is 6.14. The Kier molecular flexibility index (Phi) is 4.18. The largest absolute Gasteiger partial charge is 0.393 e. The lowest BCUT2D eigenvalue weighted by molar-refractivity contribution is -0.385. The number of aliphatic hydroxyl groups excluding tert-OH is 1. The number of nitro groups is 1. The second kappa shape index (κ2) is 5.41. The van der Waals surface area contributed by atoms with E-state index in [1.807, 2.05) is 13.8 Å². The van der Waals surface area contributed by atoms with Crippen LogP contribution in [0.3, 0.4) is 0 Å². The molecule has 5 nitrogen and oxygen atoms in total. The lowest BCUT2D eigenvalue weighted by Crippen LogP contribution is -2.17. The summed E-state index contributed by atoms with van der Waals surface area (Å²) in [6.45, 7) is 3.78. The average Bonchev–Trinajstić information content (AvgIpc) is 2.28. The van der Waals surface area contributed by atoms with Crippen molar-refractivity contribution in [3.05, 3.63) is 39.4 Å². The lowest BCUT2D eigenvalue weighted by atomic mass is 9.98. The molecule has 0 aliphatic rings. The molecule has 0 aliphatic carbocycles. The highest BCUT2D eigenvalue weighted by molar-refractivity contribution is 5.50. The minimum absolute atomic E-state index is 0.0310. The van der Waals surface area contributed by atoms with Crippen molar-refractivity contribution in [2.75, 3.05) is 0 Å². The van der Waals surface area contributed by atoms with Gasteiger partial charge >= 0.3 is 0 Å². The Morgan fingerprint density at radius 3 is 2.65 bits per heavy atom. The zero-order valence-electron chi connectivity index (χ0n) is 9.75. The van der Waals surface area contributed by atoms with Gasteiger partial charge < -0.3 is 5.11 Å². The quantitative estimate of drug-likeness (QED) is 0.637. The van der Waals surface area contributed by atoms with Gasteiger partial charge in [0.25, 0.3) is 5.69 Å². The Balaban J connectivity index is 2.99. The van der Waals surface area contributed by atoms with E-state index in [0.717, 1.165) is 5.56 Å². The summed E-state index contributed by atoms with van der Waals surface area (Å²) >= 11 is 0. The van der Waals surface area contributed by atoms with E-state index in [1.165, 1.54) is 12.1 Å².